The summed E-state index contributed by atoms with van der Waals surface area (Å²) in [5, 5.41) is 14.3. The van der Waals surface area contributed by atoms with Crippen molar-refractivity contribution in [2.24, 2.45) is 5.41 Å². The van der Waals surface area contributed by atoms with E-state index >= 15 is 0 Å². The molecule has 0 bridgehead atoms. The molecule has 0 aliphatic heterocycles. The number of carbonyl (C=O) groups is 2. The van der Waals surface area contributed by atoms with Gasteiger partial charge in [0.2, 0.25) is 0 Å². The van der Waals surface area contributed by atoms with Gasteiger partial charge in [0.05, 0.1) is 0 Å². The number of nitrogens with one attached hydrogen (secondary N) is 2. The third kappa shape index (κ3) is 12.1. The Hall–Kier alpha value is -0.910. The normalized spacial score (nSPS) is 11.2. The highest BCUT2D eigenvalue weighted by Crippen LogP contribution is 2.25. The van der Waals surface area contributed by atoms with Crippen molar-refractivity contribution in [1.29, 1.82) is 0 Å². The molecule has 0 aromatic heterocycles. The molecule has 0 aliphatic carbocycles. The maximum absolute atomic E-state index is 11.5. The fourth-order valence-electron chi connectivity index (χ4n) is 1.72. The summed E-state index contributed by atoms with van der Waals surface area (Å²) < 4.78 is 0. The van der Waals surface area contributed by atoms with Crippen LogP contribution in [-0.4, -0.2) is 42.2 Å². The van der Waals surface area contributed by atoms with E-state index in [0.29, 0.717) is 19.5 Å². The first-order valence-electron chi connectivity index (χ1n) is 7.10. The van der Waals surface area contributed by atoms with E-state index in [2.05, 4.69) is 16.9 Å². The third-order valence-electron chi connectivity index (χ3n) is 3.16. The lowest BCUT2D eigenvalue weighted by atomic mass is 9.84. The van der Waals surface area contributed by atoms with Crippen LogP contribution in [0.15, 0.2) is 0 Å². The summed E-state index contributed by atoms with van der Waals surface area (Å²) in [7, 11) is 0. The zero-order valence-electron chi connectivity index (χ0n) is 12.8. The van der Waals surface area contributed by atoms with E-state index in [4.69, 9.17) is 5.11 Å². The Balaban J connectivity index is 3.61. The molecule has 0 saturated heterocycles. The van der Waals surface area contributed by atoms with E-state index in [9.17, 15) is 9.59 Å². The highest BCUT2D eigenvalue weighted by atomic mass is 32.2. The van der Waals surface area contributed by atoms with Gasteiger partial charge in [-0.15, -0.1) is 0 Å². The van der Waals surface area contributed by atoms with Crippen molar-refractivity contribution in [2.45, 2.75) is 46.0 Å². The van der Waals surface area contributed by atoms with Gasteiger partial charge in [-0.25, -0.2) is 4.79 Å². The van der Waals surface area contributed by atoms with Crippen molar-refractivity contribution < 1.29 is 14.7 Å². The summed E-state index contributed by atoms with van der Waals surface area (Å²) in [5.74, 6) is 0.357. The predicted octanol–water partition coefficient (Wildman–Crippen LogP) is 2.71. The lowest BCUT2D eigenvalue weighted by molar-refractivity contribution is -0.137. The molecule has 0 saturated carbocycles. The molecule has 0 heterocycles. The highest BCUT2D eigenvalue weighted by molar-refractivity contribution is 7.98. The number of urea groups is 1. The van der Waals surface area contributed by atoms with Crippen LogP contribution < -0.4 is 10.6 Å². The molecule has 0 aliphatic rings. The maximum atomic E-state index is 11.5. The standard InChI is InChI=1S/C14H28N2O3S/c1-14(2,7-6-12(17)18)8-10-16-13(19)15-9-4-5-11-20-3/h4-11H2,1-3H3,(H,17,18)(H2,15,16,19). The van der Waals surface area contributed by atoms with Gasteiger partial charge < -0.3 is 15.7 Å². The number of carbonyl (C=O) groups excluding carboxylic acids is 1. The van der Waals surface area contributed by atoms with Crippen LogP contribution in [0.4, 0.5) is 4.79 Å². The van der Waals surface area contributed by atoms with Crippen LogP contribution in [0.5, 0.6) is 0 Å². The summed E-state index contributed by atoms with van der Waals surface area (Å²) in [6.45, 7) is 5.33. The van der Waals surface area contributed by atoms with Crippen LogP contribution in [0.1, 0.15) is 46.0 Å². The summed E-state index contributed by atoms with van der Waals surface area (Å²) in [6.07, 6.45) is 5.77. The van der Waals surface area contributed by atoms with Crippen LogP contribution in [-0.2, 0) is 4.79 Å². The summed E-state index contributed by atoms with van der Waals surface area (Å²) >= 11 is 1.81. The molecule has 118 valence electrons. The molecule has 3 N–H and O–H groups in total. The second-order valence-corrected chi connectivity index (χ2v) is 6.68. The van der Waals surface area contributed by atoms with Crippen LogP contribution >= 0.6 is 11.8 Å². The van der Waals surface area contributed by atoms with Gasteiger partial charge in [-0.2, -0.15) is 11.8 Å². The Labute approximate surface area is 126 Å². The summed E-state index contributed by atoms with van der Waals surface area (Å²) in [5.41, 5.74) is -0.0655. The minimum Gasteiger partial charge on any atom is -0.481 e. The van der Waals surface area contributed by atoms with E-state index in [0.717, 1.165) is 25.0 Å². The molecule has 5 nitrogen and oxygen atoms in total. The topological polar surface area (TPSA) is 78.4 Å². The average Bonchev–Trinajstić information content (AvgIpc) is 2.36. The molecule has 0 aromatic carbocycles. The highest BCUT2D eigenvalue weighted by Gasteiger charge is 2.19. The smallest absolute Gasteiger partial charge is 0.314 e. The molecule has 0 fully saturated rings. The van der Waals surface area contributed by atoms with Gasteiger partial charge >= 0.3 is 12.0 Å². The number of rotatable bonds is 11. The summed E-state index contributed by atoms with van der Waals surface area (Å²) in [6, 6.07) is -0.136. The number of carboxylic acids is 1. The Morgan fingerprint density at radius 2 is 1.75 bits per heavy atom. The Morgan fingerprint density at radius 3 is 2.35 bits per heavy atom. The number of thioether (sulfide) groups is 1. The summed E-state index contributed by atoms with van der Waals surface area (Å²) in [4.78, 5) is 22.0. The first kappa shape index (κ1) is 19.1. The zero-order chi connectivity index (χ0) is 15.4. The van der Waals surface area contributed by atoms with Crippen molar-refractivity contribution in [1.82, 2.24) is 10.6 Å². The van der Waals surface area contributed by atoms with Gasteiger partial charge in [0.25, 0.3) is 0 Å². The molecule has 20 heavy (non-hydrogen) atoms. The minimum atomic E-state index is -0.769. The number of hydrogen-bond acceptors (Lipinski definition) is 3. The van der Waals surface area contributed by atoms with Crippen molar-refractivity contribution in [3.05, 3.63) is 0 Å². The lowest BCUT2D eigenvalue weighted by Crippen LogP contribution is -2.37. The predicted molar refractivity (Wildman–Crippen MR) is 84.3 cm³/mol. The Kier molecular flexibility index (Phi) is 10.3. The number of amides is 2. The van der Waals surface area contributed by atoms with E-state index in [1.54, 1.807) is 0 Å². The van der Waals surface area contributed by atoms with Gasteiger partial charge in [0.1, 0.15) is 0 Å². The molecule has 0 rings (SSSR count). The van der Waals surface area contributed by atoms with E-state index < -0.39 is 5.97 Å². The number of aliphatic carboxylic acids is 1. The van der Waals surface area contributed by atoms with Crippen molar-refractivity contribution in [3.63, 3.8) is 0 Å². The molecule has 0 spiro atoms. The second kappa shape index (κ2) is 10.8. The van der Waals surface area contributed by atoms with Gasteiger partial charge in [-0.05, 0) is 43.1 Å². The van der Waals surface area contributed by atoms with Crippen molar-refractivity contribution in [3.8, 4) is 0 Å². The molecule has 6 heteroatoms. The Bertz CT molecular complexity index is 296. The fourth-order valence-corrected chi connectivity index (χ4v) is 2.21. The largest absolute Gasteiger partial charge is 0.481 e. The molecule has 0 radical (unpaired) electrons. The SMILES string of the molecule is CSCCCCNC(=O)NCCC(C)(C)CCC(=O)O. The number of unbranched alkanes of at least 4 members (excludes halogenated alkanes) is 1. The van der Waals surface area contributed by atoms with Crippen LogP contribution in [0, 0.1) is 5.41 Å². The molecule has 0 atom stereocenters. The molecule has 0 aromatic rings. The first-order chi connectivity index (χ1) is 9.37. The zero-order valence-corrected chi connectivity index (χ0v) is 13.6. The van der Waals surface area contributed by atoms with Crippen LogP contribution in [0.2, 0.25) is 0 Å². The van der Waals surface area contributed by atoms with Gasteiger partial charge in [0.15, 0.2) is 0 Å². The maximum Gasteiger partial charge on any atom is 0.314 e. The lowest BCUT2D eigenvalue weighted by Gasteiger charge is -2.23. The minimum absolute atomic E-state index is 0.0655. The van der Waals surface area contributed by atoms with Crippen molar-refractivity contribution in [2.75, 3.05) is 25.1 Å². The van der Waals surface area contributed by atoms with E-state index in [1.165, 1.54) is 0 Å². The van der Waals surface area contributed by atoms with Gasteiger partial charge in [-0.1, -0.05) is 13.8 Å². The fraction of sp³-hybridized carbons (Fsp3) is 0.857. The second-order valence-electron chi connectivity index (χ2n) is 5.69. The first-order valence-corrected chi connectivity index (χ1v) is 8.49. The molecule has 0 unspecified atom stereocenters. The van der Waals surface area contributed by atoms with Gasteiger partial charge in [-0.3, -0.25) is 4.79 Å². The van der Waals surface area contributed by atoms with Gasteiger partial charge in [0, 0.05) is 19.5 Å². The molecular weight excluding hydrogens is 276 g/mol. The van der Waals surface area contributed by atoms with E-state index in [-0.39, 0.29) is 17.9 Å². The quantitative estimate of drug-likeness (QED) is 0.513. The van der Waals surface area contributed by atoms with E-state index in [1.807, 2.05) is 25.6 Å². The molecule has 2 amide bonds. The number of hydrogen-bond donors (Lipinski definition) is 3. The Morgan fingerprint density at radius 1 is 1.10 bits per heavy atom. The monoisotopic (exact) mass is 304 g/mol. The average molecular weight is 304 g/mol. The third-order valence-corrected chi connectivity index (χ3v) is 3.86. The van der Waals surface area contributed by atoms with Crippen LogP contribution in [0.3, 0.4) is 0 Å². The van der Waals surface area contributed by atoms with Crippen LogP contribution in [0.25, 0.3) is 0 Å². The number of carboxylic acid groups (broad SMARTS) is 1. The molecular formula is C14H28N2O3S. The van der Waals surface area contributed by atoms with Crippen molar-refractivity contribution >= 4 is 23.8 Å².